The van der Waals surface area contributed by atoms with Crippen LogP contribution in [0.2, 0.25) is 0 Å². The van der Waals surface area contributed by atoms with Crippen molar-refractivity contribution in [1.29, 1.82) is 0 Å². The van der Waals surface area contributed by atoms with E-state index in [1.54, 1.807) is 21.3 Å². The summed E-state index contributed by atoms with van der Waals surface area (Å²) in [5, 5.41) is 0.989. The third kappa shape index (κ3) is 7.65. The van der Waals surface area contributed by atoms with Crippen LogP contribution in [-0.2, 0) is 0 Å². The number of hydrogen-bond acceptors (Lipinski definition) is 3. The summed E-state index contributed by atoms with van der Waals surface area (Å²) in [5.41, 5.74) is 1.73. The number of methoxy groups -OCH3 is 3. The Balaban J connectivity index is 0.000000370. The topological polar surface area (TPSA) is 39.0 Å². The molecule has 0 amide bonds. The van der Waals surface area contributed by atoms with Crippen LogP contribution in [0.3, 0.4) is 0 Å². The van der Waals surface area contributed by atoms with Gasteiger partial charge >= 0.3 is 44.3 Å². The van der Waals surface area contributed by atoms with E-state index in [2.05, 4.69) is 0 Å². The summed E-state index contributed by atoms with van der Waals surface area (Å²) < 4.78 is 81.0. The molecule has 1 heterocycles. The zero-order chi connectivity index (χ0) is 21.9. The second-order valence-electron chi connectivity index (χ2n) is 5.73. The molecule has 160 valence electrons. The van der Waals surface area contributed by atoms with Crippen LogP contribution < -0.4 is 14.2 Å². The molecule has 3 rings (SSSR count). The Bertz CT molecular complexity index is 1010. The van der Waals surface area contributed by atoms with Crippen molar-refractivity contribution in [2.75, 3.05) is 21.3 Å². The molecule has 4 nitrogen and oxygen atoms in total. The molecule has 29 heavy (non-hydrogen) atoms. The molecule has 0 saturated carbocycles. The first kappa shape index (κ1) is 22.5. The normalized spacial score (nSPS) is 13.6. The van der Waals surface area contributed by atoms with Crippen molar-refractivity contribution in [3.05, 3.63) is 48.5 Å². The Kier molecular flexibility index (Phi) is 5.64. The van der Waals surface area contributed by atoms with Crippen molar-refractivity contribution in [2.45, 2.75) is 0 Å². The van der Waals surface area contributed by atoms with Crippen LogP contribution in [0.5, 0.6) is 17.2 Å². The van der Waals surface area contributed by atoms with Gasteiger partial charge in [0, 0.05) is 18.2 Å². The van der Waals surface area contributed by atoms with Gasteiger partial charge in [0.25, 0.3) is 0 Å². The van der Waals surface area contributed by atoms with E-state index in [9.17, 15) is 25.2 Å². The van der Waals surface area contributed by atoms with Crippen molar-refractivity contribution in [1.82, 2.24) is 0 Å². The maximum atomic E-state index is 9.87. The molecule has 0 spiro atoms. The summed E-state index contributed by atoms with van der Waals surface area (Å²) in [6.45, 7) is 0. The molecular formula is C18H17F6O4P. The fourth-order valence-corrected chi connectivity index (χ4v) is 2.34. The van der Waals surface area contributed by atoms with Gasteiger partial charge in [-0.2, -0.15) is 0 Å². The van der Waals surface area contributed by atoms with Gasteiger partial charge in [-0.15, -0.1) is 0 Å². The second-order valence-corrected chi connectivity index (χ2v) is 7.65. The maximum absolute atomic E-state index is 10.7. The zero-order valence-corrected chi connectivity index (χ0v) is 16.4. The van der Waals surface area contributed by atoms with Gasteiger partial charge in [0.2, 0.25) is 0 Å². The summed E-state index contributed by atoms with van der Waals surface area (Å²) in [5.74, 6) is 2.93. The zero-order valence-electron chi connectivity index (χ0n) is 15.5. The van der Waals surface area contributed by atoms with E-state index in [0.717, 1.165) is 28.0 Å². The van der Waals surface area contributed by atoms with Crippen LogP contribution in [0, 0.1) is 0 Å². The van der Waals surface area contributed by atoms with E-state index in [1.165, 1.54) is 0 Å². The first-order valence-corrected chi connectivity index (χ1v) is 9.92. The number of halogens is 6. The van der Waals surface area contributed by atoms with E-state index in [4.69, 9.17) is 18.6 Å². The van der Waals surface area contributed by atoms with Gasteiger partial charge in [-0.25, -0.2) is 4.42 Å². The fraction of sp³-hybridized carbons (Fsp3) is 0.167. The quantitative estimate of drug-likeness (QED) is 0.235. The molecule has 3 aromatic rings. The molecule has 0 radical (unpaired) electrons. The third-order valence-electron chi connectivity index (χ3n) is 3.52. The Morgan fingerprint density at radius 1 is 0.690 bits per heavy atom. The monoisotopic (exact) mass is 442 g/mol. The van der Waals surface area contributed by atoms with E-state index in [0.29, 0.717) is 11.5 Å². The number of hydrogen-bond donors (Lipinski definition) is 0. The standard InChI is InChI=1S/C18H17O4.F6P/c1-19-14-6-9-16-12(10-14)4-7-15(22-16)13-5-8-17(20-2)18(11-13)21-3;1-7(2,3,4,5)6/h4-11H,1-3H3;/q+1;-1. The Hall–Kier alpha value is -2.74. The van der Waals surface area contributed by atoms with E-state index in [1.807, 2.05) is 48.5 Å². The molecule has 1 aromatic heterocycles. The summed E-state index contributed by atoms with van der Waals surface area (Å²) in [6.07, 6.45) is 0. The van der Waals surface area contributed by atoms with Crippen LogP contribution in [0.25, 0.3) is 22.3 Å². The predicted molar refractivity (Wildman–Crippen MR) is 99.3 cm³/mol. The van der Waals surface area contributed by atoms with Gasteiger partial charge in [0.1, 0.15) is 5.75 Å². The Morgan fingerprint density at radius 3 is 1.86 bits per heavy atom. The van der Waals surface area contributed by atoms with E-state index >= 15 is 0 Å². The number of fused-ring (bicyclic) bond motifs is 1. The first-order valence-electron chi connectivity index (χ1n) is 7.90. The molecule has 0 N–H and O–H groups in total. The molecule has 0 fully saturated rings. The molecule has 0 unspecified atom stereocenters. The average molecular weight is 442 g/mol. The third-order valence-corrected chi connectivity index (χ3v) is 3.52. The molecule has 0 atom stereocenters. The molecule has 11 heteroatoms. The second kappa shape index (κ2) is 7.26. The van der Waals surface area contributed by atoms with Gasteiger partial charge in [-0.05, 0) is 30.3 Å². The SMILES string of the molecule is COc1ccc2[o+]c(-c3ccc(OC)c(OC)c3)ccc2c1.F[P-](F)(F)(F)(F)F. The first-order chi connectivity index (χ1) is 13.2. The fourth-order valence-electron chi connectivity index (χ4n) is 2.34. The minimum atomic E-state index is -10.7. The molecule has 2 aromatic carbocycles. The van der Waals surface area contributed by atoms with Crippen molar-refractivity contribution in [3.63, 3.8) is 0 Å². The van der Waals surface area contributed by atoms with Crippen LogP contribution in [0.1, 0.15) is 0 Å². The number of rotatable bonds is 4. The van der Waals surface area contributed by atoms with Crippen molar-refractivity contribution < 1.29 is 43.8 Å². The van der Waals surface area contributed by atoms with Crippen LogP contribution in [-0.4, -0.2) is 21.3 Å². The molecule has 0 aliphatic heterocycles. The van der Waals surface area contributed by atoms with Crippen molar-refractivity contribution >= 4 is 18.8 Å². The molecule has 0 bridgehead atoms. The predicted octanol–water partition coefficient (Wildman–Crippen LogP) is 7.79. The molecule has 0 aliphatic rings. The average Bonchev–Trinajstić information content (AvgIpc) is 2.64. The van der Waals surface area contributed by atoms with Crippen molar-refractivity contribution in [3.8, 4) is 28.6 Å². The van der Waals surface area contributed by atoms with Gasteiger partial charge in [0.05, 0.1) is 32.3 Å². The van der Waals surface area contributed by atoms with Gasteiger partial charge in [-0.3, -0.25) is 0 Å². The summed E-state index contributed by atoms with van der Waals surface area (Å²) >= 11 is 0. The molecular weight excluding hydrogens is 425 g/mol. The Labute approximate surface area is 161 Å². The molecule has 0 aliphatic carbocycles. The Morgan fingerprint density at radius 2 is 1.31 bits per heavy atom. The minimum absolute atomic E-state index is 0.671. The van der Waals surface area contributed by atoms with Crippen molar-refractivity contribution in [2.24, 2.45) is 0 Å². The summed E-state index contributed by atoms with van der Waals surface area (Å²) in [4.78, 5) is 0. The van der Waals surface area contributed by atoms with Crippen LogP contribution in [0.15, 0.2) is 52.9 Å². The van der Waals surface area contributed by atoms with E-state index in [-0.39, 0.29) is 0 Å². The summed E-state index contributed by atoms with van der Waals surface area (Å²) in [6, 6.07) is 15.4. The van der Waals surface area contributed by atoms with Gasteiger partial charge in [-0.1, -0.05) is 0 Å². The van der Waals surface area contributed by atoms with E-state index < -0.39 is 7.81 Å². The van der Waals surface area contributed by atoms with Crippen LogP contribution in [0.4, 0.5) is 25.2 Å². The van der Waals surface area contributed by atoms with Gasteiger partial charge in [0.15, 0.2) is 11.5 Å². The number of ether oxygens (including phenoxy) is 3. The van der Waals surface area contributed by atoms with Crippen LogP contribution >= 0.6 is 7.81 Å². The summed E-state index contributed by atoms with van der Waals surface area (Å²) in [7, 11) is -5.78. The molecule has 0 saturated heterocycles. The number of benzene rings is 2. The van der Waals surface area contributed by atoms with Gasteiger partial charge < -0.3 is 14.2 Å².